The highest BCUT2D eigenvalue weighted by atomic mass is 15.3. The molecule has 0 atom stereocenters. The summed E-state index contributed by atoms with van der Waals surface area (Å²) in [6, 6.07) is 7.03. The number of rotatable bonds is 1. The monoisotopic (exact) mass is 203 g/mol. The molecule has 0 radical (unpaired) electrons. The van der Waals surface area contributed by atoms with E-state index >= 15 is 0 Å². The molecule has 3 nitrogen and oxygen atoms in total. The Morgan fingerprint density at radius 3 is 2.87 bits per heavy atom. The van der Waals surface area contributed by atoms with E-state index in [1.165, 1.54) is 24.3 Å². The average Bonchev–Trinajstić information content (AvgIpc) is 2.55. The fraction of sp³-hybridized carbons (Fsp3) is 0.500. The minimum Gasteiger partial charge on any atom is -0.399 e. The summed E-state index contributed by atoms with van der Waals surface area (Å²) in [4.78, 5) is 4.90. The molecule has 0 saturated carbocycles. The van der Waals surface area contributed by atoms with Gasteiger partial charge in [-0.15, -0.1) is 0 Å². The second-order valence-corrected chi connectivity index (χ2v) is 4.71. The molecule has 0 unspecified atom stereocenters. The van der Waals surface area contributed by atoms with Gasteiger partial charge < -0.3 is 15.5 Å². The zero-order valence-electron chi connectivity index (χ0n) is 9.11. The SMILES string of the molecule is CN1CC(N2CCc3cc(N)ccc32)C1. The number of hydrogen-bond donors (Lipinski definition) is 1. The van der Waals surface area contributed by atoms with Gasteiger partial charge in [0.15, 0.2) is 0 Å². The summed E-state index contributed by atoms with van der Waals surface area (Å²) in [7, 11) is 2.18. The van der Waals surface area contributed by atoms with Crippen LogP contribution in [-0.4, -0.2) is 37.6 Å². The van der Waals surface area contributed by atoms with Crippen LogP contribution in [0.3, 0.4) is 0 Å². The summed E-state index contributed by atoms with van der Waals surface area (Å²) in [5.41, 5.74) is 9.51. The minimum atomic E-state index is 0.722. The lowest BCUT2D eigenvalue weighted by Gasteiger charge is -2.43. The maximum absolute atomic E-state index is 5.79. The van der Waals surface area contributed by atoms with E-state index in [1.807, 2.05) is 6.07 Å². The molecule has 15 heavy (non-hydrogen) atoms. The van der Waals surface area contributed by atoms with E-state index < -0.39 is 0 Å². The molecule has 2 aliphatic heterocycles. The fourth-order valence-corrected chi connectivity index (χ4v) is 2.69. The van der Waals surface area contributed by atoms with Crippen LogP contribution in [0.2, 0.25) is 0 Å². The Kier molecular flexibility index (Phi) is 1.89. The van der Waals surface area contributed by atoms with E-state index in [2.05, 4.69) is 29.0 Å². The van der Waals surface area contributed by atoms with Crippen LogP contribution in [0.25, 0.3) is 0 Å². The van der Waals surface area contributed by atoms with Crippen LogP contribution in [0, 0.1) is 0 Å². The molecule has 80 valence electrons. The van der Waals surface area contributed by atoms with E-state index in [0.717, 1.165) is 24.7 Å². The third-order valence-electron chi connectivity index (χ3n) is 3.52. The van der Waals surface area contributed by atoms with Gasteiger partial charge in [-0.05, 0) is 37.2 Å². The maximum Gasteiger partial charge on any atom is 0.0544 e. The van der Waals surface area contributed by atoms with E-state index in [0.29, 0.717) is 0 Å². The smallest absolute Gasteiger partial charge is 0.0544 e. The highest BCUT2D eigenvalue weighted by Crippen LogP contribution is 2.32. The molecule has 1 aromatic rings. The Morgan fingerprint density at radius 1 is 1.33 bits per heavy atom. The summed E-state index contributed by atoms with van der Waals surface area (Å²) in [5.74, 6) is 0. The predicted molar refractivity (Wildman–Crippen MR) is 63.2 cm³/mol. The second-order valence-electron chi connectivity index (χ2n) is 4.71. The topological polar surface area (TPSA) is 32.5 Å². The molecule has 2 N–H and O–H groups in total. The third kappa shape index (κ3) is 1.38. The largest absolute Gasteiger partial charge is 0.399 e. The third-order valence-corrected chi connectivity index (χ3v) is 3.52. The molecule has 0 amide bonds. The maximum atomic E-state index is 5.79. The van der Waals surface area contributed by atoms with Crippen LogP contribution in [0.5, 0.6) is 0 Å². The first-order valence-electron chi connectivity index (χ1n) is 5.57. The van der Waals surface area contributed by atoms with Gasteiger partial charge in [-0.1, -0.05) is 0 Å². The lowest BCUT2D eigenvalue weighted by molar-refractivity contribution is 0.185. The van der Waals surface area contributed by atoms with Crippen LogP contribution in [0.4, 0.5) is 11.4 Å². The van der Waals surface area contributed by atoms with Crippen molar-refractivity contribution < 1.29 is 0 Å². The van der Waals surface area contributed by atoms with E-state index in [9.17, 15) is 0 Å². The number of hydrogen-bond acceptors (Lipinski definition) is 3. The Labute approximate surface area is 90.5 Å². The Balaban J connectivity index is 1.85. The van der Waals surface area contributed by atoms with Gasteiger partial charge in [-0.2, -0.15) is 0 Å². The zero-order chi connectivity index (χ0) is 10.4. The number of anilines is 2. The molecule has 3 heteroatoms. The molecule has 0 aromatic heterocycles. The molecular weight excluding hydrogens is 186 g/mol. The van der Waals surface area contributed by atoms with Crippen molar-refractivity contribution in [2.24, 2.45) is 0 Å². The highest BCUT2D eigenvalue weighted by molar-refractivity contribution is 5.63. The summed E-state index contributed by atoms with van der Waals surface area (Å²) in [6.45, 7) is 3.56. The molecule has 1 saturated heterocycles. The minimum absolute atomic E-state index is 0.722. The van der Waals surface area contributed by atoms with Gasteiger partial charge in [0.05, 0.1) is 6.04 Å². The number of benzene rings is 1. The number of likely N-dealkylation sites (N-methyl/N-ethyl adjacent to an activating group) is 1. The first-order chi connectivity index (χ1) is 7.24. The molecule has 1 aromatic carbocycles. The van der Waals surface area contributed by atoms with Crippen molar-refractivity contribution in [1.82, 2.24) is 4.90 Å². The van der Waals surface area contributed by atoms with Crippen LogP contribution in [0.1, 0.15) is 5.56 Å². The molecule has 0 aliphatic carbocycles. The summed E-state index contributed by atoms with van der Waals surface area (Å²) in [6.07, 6.45) is 1.15. The number of likely N-dealkylation sites (tertiary alicyclic amines) is 1. The highest BCUT2D eigenvalue weighted by Gasteiger charge is 2.32. The van der Waals surface area contributed by atoms with Crippen molar-refractivity contribution in [3.63, 3.8) is 0 Å². The normalized spacial score (nSPS) is 21.5. The molecule has 3 rings (SSSR count). The average molecular weight is 203 g/mol. The second kappa shape index (κ2) is 3.14. The van der Waals surface area contributed by atoms with Crippen LogP contribution < -0.4 is 10.6 Å². The van der Waals surface area contributed by atoms with Crippen molar-refractivity contribution in [3.05, 3.63) is 23.8 Å². The van der Waals surface area contributed by atoms with Gasteiger partial charge in [0.2, 0.25) is 0 Å². The van der Waals surface area contributed by atoms with Crippen LogP contribution in [0.15, 0.2) is 18.2 Å². The van der Waals surface area contributed by atoms with Crippen molar-refractivity contribution in [2.45, 2.75) is 12.5 Å². The van der Waals surface area contributed by atoms with Crippen LogP contribution >= 0.6 is 0 Å². The van der Waals surface area contributed by atoms with Gasteiger partial charge in [0.1, 0.15) is 0 Å². The summed E-state index contributed by atoms with van der Waals surface area (Å²) >= 11 is 0. The first-order valence-corrected chi connectivity index (χ1v) is 5.57. The first kappa shape index (κ1) is 9.04. The van der Waals surface area contributed by atoms with Crippen molar-refractivity contribution in [1.29, 1.82) is 0 Å². The zero-order valence-corrected chi connectivity index (χ0v) is 9.11. The van der Waals surface area contributed by atoms with E-state index in [4.69, 9.17) is 5.73 Å². The number of nitrogens with zero attached hydrogens (tertiary/aromatic N) is 2. The van der Waals surface area contributed by atoms with Gasteiger partial charge in [-0.25, -0.2) is 0 Å². The number of nitrogen functional groups attached to an aromatic ring is 1. The van der Waals surface area contributed by atoms with Crippen LogP contribution in [-0.2, 0) is 6.42 Å². The molecule has 1 fully saturated rings. The van der Waals surface area contributed by atoms with Crippen molar-refractivity contribution >= 4 is 11.4 Å². The molecule has 0 bridgehead atoms. The molecular formula is C12H17N3. The standard InChI is InChI=1S/C12H17N3/c1-14-7-11(8-14)15-5-4-9-6-10(13)2-3-12(9)15/h2-3,6,11H,4-5,7-8,13H2,1H3. The molecule has 0 spiro atoms. The molecule has 2 aliphatic rings. The van der Waals surface area contributed by atoms with Crippen molar-refractivity contribution in [2.75, 3.05) is 37.3 Å². The van der Waals surface area contributed by atoms with Gasteiger partial charge in [-0.3, -0.25) is 0 Å². The lowest BCUT2D eigenvalue weighted by Crippen LogP contribution is -2.57. The van der Waals surface area contributed by atoms with E-state index in [1.54, 1.807) is 0 Å². The quantitative estimate of drug-likeness (QED) is 0.690. The fourth-order valence-electron chi connectivity index (χ4n) is 2.69. The van der Waals surface area contributed by atoms with Crippen molar-refractivity contribution in [3.8, 4) is 0 Å². The Bertz CT molecular complexity index is 382. The molecule has 2 heterocycles. The predicted octanol–water partition coefficient (Wildman–Crippen LogP) is 0.945. The lowest BCUT2D eigenvalue weighted by atomic mass is 10.1. The van der Waals surface area contributed by atoms with Gasteiger partial charge >= 0.3 is 0 Å². The van der Waals surface area contributed by atoms with E-state index in [-0.39, 0.29) is 0 Å². The Hall–Kier alpha value is -1.22. The summed E-state index contributed by atoms with van der Waals surface area (Å²) < 4.78 is 0. The Morgan fingerprint density at radius 2 is 2.13 bits per heavy atom. The summed E-state index contributed by atoms with van der Waals surface area (Å²) in [5, 5.41) is 0. The van der Waals surface area contributed by atoms with Gasteiger partial charge in [0, 0.05) is 31.0 Å². The van der Waals surface area contributed by atoms with Gasteiger partial charge in [0.25, 0.3) is 0 Å². The number of fused-ring (bicyclic) bond motifs is 1. The number of nitrogens with two attached hydrogens (primary N) is 1.